The molecule has 3 saturated carbocycles. The fraction of sp³-hybridized carbons (Fsp3) is 0.633. The van der Waals surface area contributed by atoms with E-state index in [0.717, 1.165) is 61.2 Å². The average molecular weight is 765 g/mol. The van der Waals surface area contributed by atoms with E-state index in [2.05, 4.69) is 40.7 Å². The Morgan fingerprint density at radius 1 is 0.929 bits per heavy atom. The van der Waals surface area contributed by atoms with Crippen molar-refractivity contribution in [1.29, 1.82) is 0 Å². The van der Waals surface area contributed by atoms with Crippen molar-refractivity contribution in [1.82, 2.24) is 0 Å². The van der Waals surface area contributed by atoms with Gasteiger partial charge in [-0.1, -0.05) is 71.6 Å². The van der Waals surface area contributed by atoms with Gasteiger partial charge in [0.1, 0.15) is 23.2 Å². The van der Waals surface area contributed by atoms with Crippen LogP contribution in [-0.4, -0.2) is 31.9 Å². The van der Waals surface area contributed by atoms with Crippen molar-refractivity contribution in [2.24, 2.45) is 46.3 Å². The van der Waals surface area contributed by atoms with E-state index in [0.29, 0.717) is 63.7 Å². The van der Waals surface area contributed by atoms with Crippen molar-refractivity contribution in [2.75, 3.05) is 19.8 Å². The second-order valence-electron chi connectivity index (χ2n) is 19.2. The van der Waals surface area contributed by atoms with Gasteiger partial charge in [-0.3, -0.25) is 4.79 Å². The summed E-state index contributed by atoms with van der Waals surface area (Å²) in [5, 5.41) is 0.443. The Hall–Kier alpha value is -3.74. The summed E-state index contributed by atoms with van der Waals surface area (Å²) in [4.78, 5) is 26.8. The standard InChI is InChI=1S/C49H64O7/c1-30(2)9-7-10-31(3)34-11-17-40-38-15-13-35-26-37(19-22-49(35,6)41(38)20-21-48(40,5)28-34)56-45(50)29-54-36-14-16-39-43(27-36)55-32(4)46(47(39)51)33-12-18-42-44(25-33)53-24-8-23-52-42/h12-14,16,18,25,27,30-31,34,37-38,40-41H,7-11,15,17,19-24,26,28-29H2,1-6H3/t31?,34?,37?,38?,40?,41?,48-,49+/m1/s1. The summed E-state index contributed by atoms with van der Waals surface area (Å²) in [6, 6.07) is 10.6. The minimum atomic E-state index is -0.362. The molecule has 0 radical (unpaired) electrons. The van der Waals surface area contributed by atoms with Crippen molar-refractivity contribution in [3.8, 4) is 28.4 Å². The van der Waals surface area contributed by atoms with Crippen LogP contribution < -0.4 is 19.6 Å². The molecule has 7 heteroatoms. The highest BCUT2D eigenvalue weighted by atomic mass is 16.6. The summed E-state index contributed by atoms with van der Waals surface area (Å²) in [7, 11) is 0. The predicted molar refractivity (Wildman–Crippen MR) is 221 cm³/mol. The molecule has 3 fully saturated rings. The molecular formula is C49H64O7. The van der Waals surface area contributed by atoms with Gasteiger partial charge in [0.05, 0.1) is 24.2 Å². The van der Waals surface area contributed by atoms with Gasteiger partial charge in [-0.15, -0.1) is 0 Å². The summed E-state index contributed by atoms with van der Waals surface area (Å²) in [6.45, 7) is 15.2. The number of benzene rings is 2. The Kier molecular flexibility index (Phi) is 11.1. The molecule has 5 aliphatic rings. The molecule has 8 rings (SSSR count). The quantitative estimate of drug-likeness (QED) is 0.150. The highest BCUT2D eigenvalue weighted by Crippen LogP contribution is 2.65. The summed E-state index contributed by atoms with van der Waals surface area (Å²) >= 11 is 0. The van der Waals surface area contributed by atoms with Crippen LogP contribution in [0.15, 0.2) is 57.3 Å². The Morgan fingerprint density at radius 3 is 2.57 bits per heavy atom. The van der Waals surface area contributed by atoms with Crippen molar-refractivity contribution in [3.05, 3.63) is 64.0 Å². The Morgan fingerprint density at radius 2 is 1.75 bits per heavy atom. The number of ether oxygens (including phenoxy) is 4. The van der Waals surface area contributed by atoms with Crippen LogP contribution in [0, 0.1) is 53.3 Å². The summed E-state index contributed by atoms with van der Waals surface area (Å²) in [5.41, 5.74) is 3.69. The van der Waals surface area contributed by atoms with E-state index >= 15 is 0 Å². The Bertz CT molecular complexity index is 2010. The third-order valence-corrected chi connectivity index (χ3v) is 15.1. The van der Waals surface area contributed by atoms with Crippen molar-refractivity contribution >= 4 is 16.9 Å². The lowest BCUT2D eigenvalue weighted by atomic mass is 9.44. The first-order valence-electron chi connectivity index (χ1n) is 21.9. The molecule has 0 spiro atoms. The number of aryl methyl sites for hydroxylation is 1. The molecule has 3 aromatic rings. The lowest BCUT2D eigenvalue weighted by molar-refractivity contribution is -0.154. The fourth-order valence-electron chi connectivity index (χ4n) is 12.0. The minimum absolute atomic E-state index is 0.121. The topological polar surface area (TPSA) is 84.2 Å². The van der Waals surface area contributed by atoms with Crippen molar-refractivity contribution < 1.29 is 28.2 Å². The number of fused-ring (bicyclic) bond motifs is 7. The highest BCUT2D eigenvalue weighted by molar-refractivity contribution is 5.84. The molecule has 1 aromatic heterocycles. The van der Waals surface area contributed by atoms with Gasteiger partial charge in [0, 0.05) is 18.9 Å². The van der Waals surface area contributed by atoms with Crippen LogP contribution in [0.5, 0.6) is 17.2 Å². The first-order valence-corrected chi connectivity index (χ1v) is 21.9. The maximum Gasteiger partial charge on any atom is 0.344 e. The maximum absolute atomic E-state index is 13.7. The normalized spacial score (nSPS) is 30.3. The van der Waals surface area contributed by atoms with E-state index in [1.165, 1.54) is 63.4 Å². The number of rotatable bonds is 10. The molecule has 302 valence electrons. The van der Waals surface area contributed by atoms with Gasteiger partial charge >= 0.3 is 5.97 Å². The van der Waals surface area contributed by atoms with Crippen LogP contribution in [0.2, 0.25) is 0 Å². The second-order valence-corrected chi connectivity index (χ2v) is 19.2. The third-order valence-electron chi connectivity index (χ3n) is 15.1. The van der Waals surface area contributed by atoms with Gasteiger partial charge in [0.2, 0.25) is 5.43 Å². The Labute approximate surface area is 333 Å². The average Bonchev–Trinajstić information content (AvgIpc) is 3.41. The molecule has 56 heavy (non-hydrogen) atoms. The predicted octanol–water partition coefficient (Wildman–Crippen LogP) is 11.7. The number of esters is 1. The summed E-state index contributed by atoms with van der Waals surface area (Å²) < 4.78 is 29.8. The van der Waals surface area contributed by atoms with Crippen molar-refractivity contribution in [3.63, 3.8) is 0 Å². The van der Waals surface area contributed by atoms with Crippen LogP contribution >= 0.6 is 0 Å². The smallest absolute Gasteiger partial charge is 0.344 e. The van der Waals surface area contributed by atoms with E-state index in [-0.39, 0.29) is 29.5 Å². The van der Waals surface area contributed by atoms with Crippen molar-refractivity contribution in [2.45, 2.75) is 131 Å². The zero-order valence-corrected chi connectivity index (χ0v) is 34.8. The second kappa shape index (κ2) is 15.9. The molecular weight excluding hydrogens is 701 g/mol. The zero-order chi connectivity index (χ0) is 39.2. The lowest BCUT2D eigenvalue weighted by Crippen LogP contribution is -2.52. The molecule has 0 saturated heterocycles. The van der Waals surface area contributed by atoms with Crippen LogP contribution in [0.25, 0.3) is 22.1 Å². The van der Waals surface area contributed by atoms with E-state index in [1.54, 1.807) is 25.1 Å². The van der Waals surface area contributed by atoms with Gasteiger partial charge in [0.25, 0.3) is 0 Å². The molecule has 0 bridgehead atoms. The van der Waals surface area contributed by atoms with Gasteiger partial charge < -0.3 is 23.4 Å². The van der Waals surface area contributed by atoms with E-state index in [9.17, 15) is 9.59 Å². The molecule has 0 amide bonds. The molecule has 8 atom stereocenters. The van der Waals surface area contributed by atoms with Gasteiger partial charge in [-0.25, -0.2) is 4.79 Å². The maximum atomic E-state index is 13.7. The van der Waals surface area contributed by atoms with E-state index < -0.39 is 0 Å². The van der Waals surface area contributed by atoms with E-state index in [1.807, 2.05) is 18.2 Å². The number of hydrogen-bond donors (Lipinski definition) is 0. The number of carbonyl (C=O) groups excluding carboxylic acids is 1. The number of hydrogen-bond acceptors (Lipinski definition) is 7. The number of allylic oxidation sites excluding steroid dienone is 1. The van der Waals surface area contributed by atoms with Gasteiger partial charge in [-0.05, 0) is 134 Å². The lowest BCUT2D eigenvalue weighted by Gasteiger charge is -2.61. The van der Waals surface area contributed by atoms with Crippen LogP contribution in [0.3, 0.4) is 0 Å². The summed E-state index contributed by atoms with van der Waals surface area (Å²) in [5.74, 6) is 6.79. The molecule has 2 heterocycles. The van der Waals surface area contributed by atoms with Gasteiger partial charge in [0.15, 0.2) is 18.1 Å². The fourth-order valence-corrected chi connectivity index (χ4v) is 12.0. The van der Waals surface area contributed by atoms with Crippen LogP contribution in [0.1, 0.15) is 124 Å². The van der Waals surface area contributed by atoms with Crippen LogP contribution in [0.4, 0.5) is 0 Å². The molecule has 7 nitrogen and oxygen atoms in total. The first-order chi connectivity index (χ1) is 26.9. The highest BCUT2D eigenvalue weighted by Gasteiger charge is 2.56. The Balaban J connectivity index is 0.867. The SMILES string of the molecule is Cc1oc2cc(OCC(=O)OC3CC[C@@]4(C)C(=CCC5C6CCC(C(C)CCCC(C)C)C[C@@]6(C)CCC54)C3)ccc2c(=O)c1-c1ccc2c(c1)OCCCO2. The molecule has 6 unspecified atom stereocenters. The molecule has 4 aliphatic carbocycles. The summed E-state index contributed by atoms with van der Waals surface area (Å²) in [6.07, 6.45) is 18.3. The molecule has 1 aliphatic heterocycles. The molecule has 2 aromatic carbocycles. The van der Waals surface area contributed by atoms with Gasteiger partial charge in [-0.2, -0.15) is 0 Å². The van der Waals surface area contributed by atoms with Crippen LogP contribution in [-0.2, 0) is 9.53 Å². The third kappa shape index (κ3) is 7.65. The van der Waals surface area contributed by atoms with E-state index in [4.69, 9.17) is 23.4 Å². The minimum Gasteiger partial charge on any atom is -0.490 e. The first kappa shape index (κ1) is 39.1. The largest absolute Gasteiger partial charge is 0.490 e. The molecule has 0 N–H and O–H groups in total. The zero-order valence-electron chi connectivity index (χ0n) is 34.8. The monoisotopic (exact) mass is 764 g/mol. The number of carbonyl (C=O) groups is 1.